The van der Waals surface area contributed by atoms with Crippen LogP contribution in [0.1, 0.15) is 18.3 Å². The van der Waals surface area contributed by atoms with Gasteiger partial charge in [0.2, 0.25) is 5.88 Å². The molecule has 1 aromatic carbocycles. The van der Waals surface area contributed by atoms with Crippen molar-refractivity contribution in [3.05, 3.63) is 85.4 Å². The van der Waals surface area contributed by atoms with Crippen molar-refractivity contribution >= 4 is 40.8 Å². The lowest BCUT2D eigenvalue weighted by molar-refractivity contribution is -0.133. The smallest absolute Gasteiger partial charge is 0.353 e. The molecule has 39 heavy (non-hydrogen) atoms. The minimum atomic E-state index is -1.32. The molecule has 0 bridgehead atoms. The third-order valence-corrected chi connectivity index (χ3v) is 5.86. The van der Waals surface area contributed by atoms with E-state index in [-0.39, 0.29) is 41.7 Å². The Labute approximate surface area is 225 Å². The number of imidazole rings is 1. The second-order valence-electron chi connectivity index (χ2n) is 8.13. The van der Waals surface area contributed by atoms with Gasteiger partial charge in [-0.15, -0.1) is 10.2 Å². The first-order chi connectivity index (χ1) is 18.7. The van der Waals surface area contributed by atoms with Crippen LogP contribution >= 0.6 is 11.6 Å². The summed E-state index contributed by atoms with van der Waals surface area (Å²) in [6, 6.07) is 10.0. The van der Waals surface area contributed by atoms with Crippen LogP contribution in [0.4, 0.5) is 5.82 Å². The highest BCUT2D eigenvalue weighted by atomic mass is 35.5. The van der Waals surface area contributed by atoms with Gasteiger partial charge in [0.15, 0.2) is 17.0 Å². The molecule has 14 nitrogen and oxygen atoms in total. The number of aromatic nitrogens is 6. The maximum atomic E-state index is 12.7. The molecule has 3 aromatic heterocycles. The number of carboxylic acids is 1. The van der Waals surface area contributed by atoms with Gasteiger partial charge in [0.05, 0.1) is 6.54 Å². The molecule has 0 saturated heterocycles. The highest BCUT2D eigenvalue weighted by molar-refractivity contribution is 6.30. The minimum absolute atomic E-state index is 0.0789. The topological polar surface area (TPSA) is 177 Å². The first-order valence-electron chi connectivity index (χ1n) is 11.5. The van der Waals surface area contributed by atoms with Crippen LogP contribution < -0.4 is 26.4 Å². The molecule has 0 saturated carbocycles. The van der Waals surface area contributed by atoms with Gasteiger partial charge in [-0.25, -0.2) is 14.6 Å². The summed E-state index contributed by atoms with van der Waals surface area (Å²) in [5.74, 6) is -0.545. The average Bonchev–Trinajstić information content (AvgIpc) is 3.29. The van der Waals surface area contributed by atoms with Crippen LogP contribution in [-0.2, 0) is 29.3 Å². The molecule has 0 amide bonds. The van der Waals surface area contributed by atoms with Gasteiger partial charge < -0.3 is 14.4 Å². The number of halogens is 1. The third-order valence-electron chi connectivity index (χ3n) is 5.61. The number of hydrogen-bond acceptors (Lipinski definition) is 10. The highest BCUT2D eigenvalue weighted by Gasteiger charge is 2.19. The first-order valence-corrected chi connectivity index (χ1v) is 11.9. The van der Waals surface area contributed by atoms with Gasteiger partial charge in [0.1, 0.15) is 24.4 Å². The van der Waals surface area contributed by atoms with E-state index < -0.39 is 17.2 Å². The number of rotatable bonds is 11. The second kappa shape index (κ2) is 11.6. The summed E-state index contributed by atoms with van der Waals surface area (Å²) in [5.41, 5.74) is 2.25. The summed E-state index contributed by atoms with van der Waals surface area (Å²) in [7, 11) is 1.50. The Morgan fingerprint density at radius 1 is 1.18 bits per heavy atom. The molecule has 0 aliphatic heterocycles. The van der Waals surface area contributed by atoms with Gasteiger partial charge in [-0.2, -0.15) is 0 Å². The Morgan fingerprint density at radius 2 is 1.92 bits per heavy atom. The van der Waals surface area contributed by atoms with E-state index in [9.17, 15) is 19.2 Å². The predicted octanol–water partition coefficient (Wildman–Crippen LogP) is 1.09. The molecule has 0 unspecified atom stereocenters. The van der Waals surface area contributed by atoms with E-state index >= 15 is 0 Å². The van der Waals surface area contributed by atoms with E-state index in [0.29, 0.717) is 23.7 Å². The highest BCUT2D eigenvalue weighted by Crippen LogP contribution is 2.17. The van der Waals surface area contributed by atoms with Crippen LogP contribution in [0.15, 0.2) is 57.8 Å². The van der Waals surface area contributed by atoms with E-state index in [0.717, 1.165) is 11.6 Å². The number of hydrogen-bond donors (Lipinski definition) is 3. The van der Waals surface area contributed by atoms with Crippen molar-refractivity contribution in [3.63, 3.8) is 0 Å². The molecule has 0 radical (unpaired) electrons. The van der Waals surface area contributed by atoms with Crippen molar-refractivity contribution in [2.24, 2.45) is 0 Å². The number of nitrogens with one attached hydrogen (secondary N) is 2. The van der Waals surface area contributed by atoms with Crippen molar-refractivity contribution in [2.45, 2.75) is 26.6 Å². The zero-order valence-corrected chi connectivity index (χ0v) is 21.5. The molecular formula is C24H23ClN8O6. The van der Waals surface area contributed by atoms with E-state index in [2.05, 4.69) is 25.6 Å². The molecule has 0 spiro atoms. The predicted molar refractivity (Wildman–Crippen MR) is 141 cm³/mol. The summed E-state index contributed by atoms with van der Waals surface area (Å²) in [6.07, 6.45) is 1.21. The summed E-state index contributed by atoms with van der Waals surface area (Å²) >= 11 is 5.96. The lowest BCUT2D eigenvalue weighted by atomic mass is 10.2. The number of aliphatic carboxylic acids is 1. The van der Waals surface area contributed by atoms with Gasteiger partial charge in [-0.05, 0) is 30.7 Å². The number of nitrogens with zero attached hydrogens (tertiary/aromatic N) is 6. The minimum Gasteiger partial charge on any atom is -0.477 e. The summed E-state index contributed by atoms with van der Waals surface area (Å²) in [6.45, 7) is 2.31. The zero-order chi connectivity index (χ0) is 28.1. The number of hydrazine groups is 1. The molecular weight excluding hydrogens is 532 g/mol. The normalized spacial score (nSPS) is 11.4. The van der Waals surface area contributed by atoms with Crippen LogP contribution in [0.2, 0.25) is 5.02 Å². The Kier molecular flexibility index (Phi) is 8.05. The van der Waals surface area contributed by atoms with E-state index in [1.165, 1.54) is 28.8 Å². The summed E-state index contributed by atoms with van der Waals surface area (Å²) < 4.78 is 8.76. The second-order valence-corrected chi connectivity index (χ2v) is 8.56. The lowest BCUT2D eigenvalue weighted by Gasteiger charge is -2.19. The number of aromatic amines is 1. The molecule has 4 aromatic rings. The number of aldehydes is 1. The van der Waals surface area contributed by atoms with Gasteiger partial charge in [-0.3, -0.25) is 29.6 Å². The maximum absolute atomic E-state index is 12.7. The number of H-pyrrole nitrogens is 1. The van der Waals surface area contributed by atoms with Gasteiger partial charge in [0, 0.05) is 30.8 Å². The number of fused-ring (bicyclic) bond motifs is 1. The number of anilines is 1. The molecule has 202 valence electrons. The van der Waals surface area contributed by atoms with Crippen molar-refractivity contribution in [3.8, 4) is 5.88 Å². The standard InChI is InChI=1S/C24H23ClN8O6/c1-3-32-18(13-39-19-9-8-17(28-29-19)31(2)30-16(10-11-34)23(36)37)26-21-20(32)22(35)27-24(38)33(21)12-14-4-6-15(25)7-5-14/h4-11,30H,3,12-13H2,1-2H3,(H,36,37)(H,27,35,38)/b16-10-. The number of ether oxygens (including phenoxy) is 1. The molecule has 0 fully saturated rings. The fraction of sp³-hybridized carbons (Fsp3) is 0.208. The fourth-order valence-electron chi connectivity index (χ4n) is 3.76. The maximum Gasteiger partial charge on any atom is 0.353 e. The molecule has 0 atom stereocenters. The van der Waals surface area contributed by atoms with Crippen LogP contribution in [-0.4, -0.2) is 53.7 Å². The van der Waals surface area contributed by atoms with Crippen molar-refractivity contribution in [1.29, 1.82) is 0 Å². The van der Waals surface area contributed by atoms with Crippen LogP contribution in [0.25, 0.3) is 11.2 Å². The Balaban J connectivity index is 1.57. The molecule has 15 heteroatoms. The summed E-state index contributed by atoms with van der Waals surface area (Å²) in [5, 5.41) is 18.9. The molecule has 3 heterocycles. The van der Waals surface area contributed by atoms with Gasteiger partial charge >= 0.3 is 11.7 Å². The molecule has 3 N–H and O–H groups in total. The Bertz CT molecular complexity index is 1660. The van der Waals surface area contributed by atoms with Crippen molar-refractivity contribution in [2.75, 3.05) is 12.1 Å². The van der Waals surface area contributed by atoms with Crippen molar-refractivity contribution < 1.29 is 19.4 Å². The summed E-state index contributed by atoms with van der Waals surface area (Å²) in [4.78, 5) is 54.1. The molecule has 4 rings (SSSR count). The van der Waals surface area contributed by atoms with E-state index in [1.807, 2.05) is 6.92 Å². The molecule has 0 aliphatic rings. The fourth-order valence-corrected chi connectivity index (χ4v) is 3.88. The number of benzene rings is 1. The zero-order valence-electron chi connectivity index (χ0n) is 20.8. The van der Waals surface area contributed by atoms with Crippen LogP contribution in [0.5, 0.6) is 5.88 Å². The SMILES string of the molecule is CCn1c(COc2ccc(N(C)N/C(=C\C=O)C(=O)O)nn2)nc2c1c(=O)[nH]c(=O)n2Cc1ccc(Cl)cc1. The number of carbonyl (C=O) groups is 2. The number of allylic oxidation sites excluding steroid dienone is 1. The Morgan fingerprint density at radius 3 is 2.54 bits per heavy atom. The van der Waals surface area contributed by atoms with E-state index in [4.69, 9.17) is 21.4 Å². The average molecular weight is 555 g/mol. The first kappa shape index (κ1) is 27.1. The van der Waals surface area contributed by atoms with Crippen LogP contribution in [0.3, 0.4) is 0 Å². The molecule has 0 aliphatic carbocycles. The Hall–Kier alpha value is -4.98. The van der Waals surface area contributed by atoms with Crippen molar-refractivity contribution in [1.82, 2.24) is 34.7 Å². The lowest BCUT2D eigenvalue weighted by Crippen LogP contribution is -2.37. The number of aryl methyl sites for hydroxylation is 1. The van der Waals surface area contributed by atoms with E-state index in [1.54, 1.807) is 28.8 Å². The monoisotopic (exact) mass is 554 g/mol. The number of carbonyl (C=O) groups excluding carboxylic acids is 1. The van der Waals surface area contributed by atoms with Gasteiger partial charge in [0.25, 0.3) is 5.56 Å². The number of carboxylic acid groups (broad SMARTS) is 1. The largest absolute Gasteiger partial charge is 0.477 e. The van der Waals surface area contributed by atoms with Crippen LogP contribution in [0, 0.1) is 0 Å². The van der Waals surface area contributed by atoms with Gasteiger partial charge in [-0.1, -0.05) is 23.7 Å². The third kappa shape index (κ3) is 5.96. The quantitative estimate of drug-likeness (QED) is 0.137.